The molecular weight excluding hydrogens is 637 g/mol. The van der Waals surface area contributed by atoms with Crippen molar-refractivity contribution in [3.8, 4) is 0 Å². The van der Waals surface area contributed by atoms with Crippen LogP contribution in [0.4, 0.5) is 0 Å². The highest BCUT2D eigenvalue weighted by atomic mass is 127. The van der Waals surface area contributed by atoms with E-state index in [1.165, 1.54) is 70.6 Å². The molecule has 0 bridgehead atoms. The van der Waals surface area contributed by atoms with Crippen molar-refractivity contribution in [2.24, 2.45) is 0 Å². The zero-order chi connectivity index (χ0) is 20.7. The molecule has 0 aromatic carbocycles. The maximum atomic E-state index is 3.14. The predicted molar refractivity (Wildman–Crippen MR) is 142 cm³/mol. The van der Waals surface area contributed by atoms with Gasteiger partial charge in [0, 0.05) is 33.0 Å². The SMILES string of the molecule is CCP(CC)(CC)=[N+]1BN([P+](CC)(CC)CC)BN([P+](CC)(CC)CC)[BH2-]1.[I-].[I-]. The van der Waals surface area contributed by atoms with Crippen LogP contribution in [0.5, 0.6) is 0 Å². The summed E-state index contributed by atoms with van der Waals surface area (Å²) in [6, 6.07) is 0. The van der Waals surface area contributed by atoms with Crippen molar-refractivity contribution in [1.29, 1.82) is 0 Å². The molecule has 0 aromatic rings. The molecule has 29 heavy (non-hydrogen) atoms. The molecule has 1 aliphatic rings. The first-order chi connectivity index (χ1) is 12.9. The van der Waals surface area contributed by atoms with Crippen LogP contribution < -0.4 is 48.0 Å². The lowest BCUT2D eigenvalue weighted by Gasteiger charge is -2.49. The standard InChI is InChI=1S/C18H49B3N3P3.2HI/c1-10-25(11-2,12-3)22-19-23(26(13-4,14-5)15-6)21-24(20-22)27(16-7,17-8)18-9;;/h19-20H,10-18,21H2,1-9H3;2*1H/q+2;;/p-2. The highest BCUT2D eigenvalue weighted by molar-refractivity contribution is 7.78. The fourth-order valence-corrected chi connectivity index (χ4v) is 17.3. The Morgan fingerprint density at radius 2 is 1.07 bits per heavy atom. The van der Waals surface area contributed by atoms with Gasteiger partial charge in [0.2, 0.25) is 0 Å². The van der Waals surface area contributed by atoms with E-state index in [1.807, 2.05) is 0 Å². The molecule has 1 fully saturated rings. The molecule has 0 radical (unpaired) electrons. The van der Waals surface area contributed by atoms with Crippen molar-refractivity contribution in [1.82, 2.24) is 8.98 Å². The number of halogens is 2. The first-order valence-electron chi connectivity index (χ1n) is 12.0. The zero-order valence-electron chi connectivity index (χ0n) is 21.2. The molecule has 0 aliphatic carbocycles. The van der Waals surface area contributed by atoms with Gasteiger partial charge >= 0.3 is 22.6 Å². The number of rotatable bonds is 11. The van der Waals surface area contributed by atoms with E-state index in [0.717, 1.165) is 0 Å². The molecule has 1 rings (SSSR count). The maximum Gasteiger partial charge on any atom is 0.525 e. The van der Waals surface area contributed by atoms with Crippen LogP contribution in [0.2, 0.25) is 0 Å². The lowest BCUT2D eigenvalue weighted by Crippen LogP contribution is -3.00. The molecule has 0 unspecified atom stereocenters. The highest BCUT2D eigenvalue weighted by Crippen LogP contribution is 2.65. The third kappa shape index (κ3) is 7.08. The van der Waals surface area contributed by atoms with Gasteiger partial charge in [-0.1, -0.05) is 20.8 Å². The molecular formula is C18H49B3I2N3P3. The summed E-state index contributed by atoms with van der Waals surface area (Å²) in [4.78, 5) is 0. The van der Waals surface area contributed by atoms with Crippen LogP contribution in [0.3, 0.4) is 0 Å². The summed E-state index contributed by atoms with van der Waals surface area (Å²) in [5.74, 6) is 0. The van der Waals surface area contributed by atoms with Gasteiger partial charge in [0.15, 0.2) is 0 Å². The number of hydrogen-bond donors (Lipinski definition) is 0. The van der Waals surface area contributed by atoms with Crippen LogP contribution in [-0.2, 0) is 0 Å². The Labute approximate surface area is 221 Å². The van der Waals surface area contributed by atoms with E-state index in [1.54, 1.807) is 0 Å². The molecule has 0 aromatic heterocycles. The Morgan fingerprint density at radius 1 is 0.690 bits per heavy atom. The molecule has 11 heteroatoms. The van der Waals surface area contributed by atoms with Gasteiger partial charge in [-0.3, -0.25) is 0 Å². The average Bonchev–Trinajstić information content (AvgIpc) is 2.73. The number of hydrogen-bond acceptors (Lipinski definition) is 2. The van der Waals surface area contributed by atoms with Gasteiger partial charge in [-0.05, 0) is 41.5 Å². The van der Waals surface area contributed by atoms with Gasteiger partial charge in [-0.15, -0.1) is 0 Å². The number of nitrogens with zero attached hydrogens (tertiary/aromatic N) is 3. The van der Waals surface area contributed by atoms with Gasteiger partial charge in [0.25, 0.3) is 0 Å². The van der Waals surface area contributed by atoms with Crippen molar-refractivity contribution < 1.29 is 52.1 Å². The van der Waals surface area contributed by atoms with Crippen LogP contribution in [0, 0.1) is 0 Å². The van der Waals surface area contributed by atoms with Crippen LogP contribution in [0.15, 0.2) is 0 Å². The lowest BCUT2D eigenvalue weighted by molar-refractivity contribution is -0.200. The van der Waals surface area contributed by atoms with Crippen molar-refractivity contribution in [2.45, 2.75) is 62.3 Å². The Hall–Kier alpha value is 2.66. The molecule has 0 saturated carbocycles. The van der Waals surface area contributed by atoms with Crippen molar-refractivity contribution in [3.63, 3.8) is 0 Å². The molecule has 1 heterocycles. The van der Waals surface area contributed by atoms with E-state index in [0.29, 0.717) is 0 Å². The van der Waals surface area contributed by atoms with Crippen molar-refractivity contribution in [2.75, 3.05) is 55.5 Å². The molecule has 1 aliphatic heterocycles. The second kappa shape index (κ2) is 15.5. The van der Waals surface area contributed by atoms with E-state index >= 15 is 0 Å². The third-order valence-corrected chi connectivity index (χ3v) is 24.1. The summed E-state index contributed by atoms with van der Waals surface area (Å²) in [5, 5.41) is 0. The van der Waals surface area contributed by atoms with Crippen LogP contribution in [0.25, 0.3) is 0 Å². The molecule has 0 atom stereocenters. The minimum atomic E-state index is -0.985. The first kappa shape index (κ1) is 33.8. The van der Waals surface area contributed by atoms with Gasteiger partial charge in [0.05, 0.1) is 44.4 Å². The molecule has 1 saturated heterocycles. The molecule has 3 nitrogen and oxygen atoms in total. The zero-order valence-corrected chi connectivity index (χ0v) is 28.2. The van der Waals surface area contributed by atoms with E-state index in [4.69, 9.17) is 0 Å². The minimum Gasteiger partial charge on any atom is -1.00 e. The topological polar surface area (TPSA) is 9.49 Å². The fourth-order valence-electron chi connectivity index (χ4n) is 5.89. The summed E-state index contributed by atoms with van der Waals surface area (Å²) in [7, 11) is -0.427. The Bertz CT molecular complexity index is 456. The normalized spacial score (nSPS) is 16.5. The summed E-state index contributed by atoms with van der Waals surface area (Å²) >= 11 is 0. The van der Waals surface area contributed by atoms with Gasteiger partial charge in [-0.25, -0.2) is 0 Å². The smallest absolute Gasteiger partial charge is 0.525 e. The van der Waals surface area contributed by atoms with E-state index < -0.39 is 21.9 Å². The van der Waals surface area contributed by atoms with E-state index in [2.05, 4.69) is 75.4 Å². The average molecular weight is 687 g/mol. The van der Waals surface area contributed by atoms with Crippen LogP contribution in [0.1, 0.15) is 62.3 Å². The highest BCUT2D eigenvalue weighted by Gasteiger charge is 2.51. The van der Waals surface area contributed by atoms with Crippen LogP contribution >= 0.6 is 21.9 Å². The monoisotopic (exact) mass is 687 g/mol. The molecule has 0 N–H and O–H groups in total. The second-order valence-electron chi connectivity index (χ2n) is 8.44. The summed E-state index contributed by atoms with van der Waals surface area (Å²) in [6.07, 6.45) is 12.7. The third-order valence-electron chi connectivity index (χ3n) is 8.54. The van der Waals surface area contributed by atoms with Gasteiger partial charge in [0.1, 0.15) is 0 Å². The quantitative estimate of drug-likeness (QED) is 0.147. The second-order valence-corrected chi connectivity index (χ2v) is 22.6. The Kier molecular flexibility index (Phi) is 18.1. The van der Waals surface area contributed by atoms with Crippen molar-refractivity contribution in [3.05, 3.63) is 0 Å². The van der Waals surface area contributed by atoms with Gasteiger partial charge < -0.3 is 56.6 Å². The predicted octanol–water partition coefficient (Wildman–Crippen LogP) is -1.60. The lowest BCUT2D eigenvalue weighted by atomic mass is 9.84. The van der Waals surface area contributed by atoms with Crippen LogP contribution in [-0.4, -0.2) is 91.2 Å². The summed E-state index contributed by atoms with van der Waals surface area (Å²) in [5.41, 5.74) is 0. The summed E-state index contributed by atoms with van der Waals surface area (Å²) in [6.45, 7) is 22.3. The molecule has 174 valence electrons. The summed E-state index contributed by atoms with van der Waals surface area (Å²) < 4.78 is 9.33. The first-order valence-corrected chi connectivity index (χ1v) is 18.9. The van der Waals surface area contributed by atoms with E-state index in [-0.39, 0.29) is 55.5 Å². The molecule has 0 spiro atoms. The van der Waals surface area contributed by atoms with Crippen molar-refractivity contribution >= 4 is 44.5 Å². The fraction of sp³-hybridized carbons (Fsp3) is 1.00. The van der Waals surface area contributed by atoms with Gasteiger partial charge in [-0.2, -0.15) is 4.49 Å². The van der Waals surface area contributed by atoms with E-state index in [9.17, 15) is 0 Å². The Morgan fingerprint density at radius 3 is 1.38 bits per heavy atom. The molecule has 0 amide bonds. The largest absolute Gasteiger partial charge is 1.00 e. The Balaban J connectivity index is 0. The minimum absolute atomic E-state index is 0. The maximum absolute atomic E-state index is 3.14.